The Labute approximate surface area is 462 Å². The summed E-state index contributed by atoms with van der Waals surface area (Å²) in [4.78, 5) is 40.6. The normalized spacial score (nSPS) is 12.9. The molecule has 75 heavy (non-hydrogen) atoms. The first-order valence-corrected chi connectivity index (χ1v) is 35.7. The van der Waals surface area contributed by atoms with E-state index in [-0.39, 0.29) is 41.1 Å². The Kier molecular flexibility index (Phi) is 38.3. The molecule has 1 N–H and O–H groups in total. The number of carbonyl (C=O) groups is 3. The topological polar surface area (TPSA) is 103 Å². The highest BCUT2D eigenvalue weighted by Crippen LogP contribution is 2.44. The summed E-state index contributed by atoms with van der Waals surface area (Å²) in [7, 11) is -4.33. The van der Waals surface area contributed by atoms with Crippen LogP contribution in [0.4, 0.5) is 0 Å². The van der Waals surface area contributed by atoms with Crippen LogP contribution in [0.3, 0.4) is 0 Å². The number of hydrogen-bond donors (Lipinski definition) is 1. The molecule has 1 aromatic rings. The lowest BCUT2D eigenvalue weighted by Crippen LogP contribution is -2.45. The van der Waals surface area contributed by atoms with Crippen LogP contribution in [0.15, 0.2) is 72.9 Å². The third-order valence-electron chi connectivity index (χ3n) is 14.7. The number of esters is 2. The molecule has 0 aliphatic carbocycles. The molecule has 0 spiro atoms. The van der Waals surface area contributed by atoms with Gasteiger partial charge in [-0.25, -0.2) is 0 Å². The van der Waals surface area contributed by atoms with E-state index in [1.54, 1.807) is 6.08 Å². The number of nitrogens with zero attached hydrogens (tertiary/aromatic N) is 1. The van der Waals surface area contributed by atoms with Gasteiger partial charge in [-0.15, -0.1) is 0 Å². The first-order valence-electron chi connectivity index (χ1n) is 29.8. The quantitative estimate of drug-likeness (QED) is 0.0227. The summed E-state index contributed by atoms with van der Waals surface area (Å²) < 4.78 is 24.9. The van der Waals surface area contributed by atoms with Crippen molar-refractivity contribution in [2.24, 2.45) is 0 Å². The maximum Gasteiger partial charge on any atom is 0.305 e. The third kappa shape index (κ3) is 36.1. The Morgan fingerprint density at radius 3 is 1.37 bits per heavy atom. The summed E-state index contributed by atoms with van der Waals surface area (Å²) in [5, 5.41) is 3.06. The number of rotatable bonds is 44. The van der Waals surface area contributed by atoms with Gasteiger partial charge >= 0.3 is 11.9 Å². The van der Waals surface area contributed by atoms with Crippen LogP contribution in [-0.4, -0.2) is 78.8 Å². The molecule has 0 saturated heterocycles. The average molecular weight is 1080 g/mol. The molecular weight excluding hydrogens is 965 g/mol. The molecule has 0 fully saturated rings. The number of amides is 1. The number of hydrogen-bond acceptors (Lipinski definition) is 8. The van der Waals surface area contributed by atoms with Gasteiger partial charge in [-0.1, -0.05) is 174 Å². The number of nitrogens with one attached hydrogen (secondary N) is 1. The second-order valence-corrected chi connectivity index (χ2v) is 33.1. The van der Waals surface area contributed by atoms with Crippen LogP contribution in [0.1, 0.15) is 221 Å². The van der Waals surface area contributed by atoms with E-state index >= 15 is 0 Å². The molecule has 1 rings (SSSR count). The summed E-state index contributed by atoms with van der Waals surface area (Å²) in [5.74, 6) is 0.976. The number of carbonyl (C=O) groups excluding carboxylic acids is 3. The van der Waals surface area contributed by atoms with Crippen molar-refractivity contribution in [2.45, 2.75) is 252 Å². The van der Waals surface area contributed by atoms with Crippen molar-refractivity contribution in [3.05, 3.63) is 78.4 Å². The minimum atomic E-state index is -2.19. The van der Waals surface area contributed by atoms with Crippen LogP contribution in [-0.2, 0) is 23.9 Å². The van der Waals surface area contributed by atoms with E-state index in [0.717, 1.165) is 81.3 Å². The van der Waals surface area contributed by atoms with Gasteiger partial charge in [-0.05, 0) is 144 Å². The van der Waals surface area contributed by atoms with E-state index in [1.165, 1.54) is 77.0 Å². The van der Waals surface area contributed by atoms with Crippen molar-refractivity contribution in [3.8, 4) is 11.5 Å². The fourth-order valence-electron chi connectivity index (χ4n) is 7.61. The standard InChI is InChI=1S/C64H112N2O7Si2/c1-13-15-17-19-21-23-25-27-29-31-33-35-37-39-41-44-61(68)70-54-52-66(53-55-71-62(69)45-42-40-38-36-34-32-30-28-26-24-22-20-18-16-14-2)51-43-50-65-60(67)49-47-57-46-48-58(72-74(9,10)63(3,4)5)59(56-57)73-75(11,12)64(6,7)8/h21-24,27-30,46-49,56H,13-20,25-26,31-45,50-55H2,1-12H3,(H,65,67)/b23-21?,24-22?,29-27?,30-28?,49-47+. The zero-order chi connectivity index (χ0) is 55.7. The molecule has 0 aliphatic heterocycles. The van der Waals surface area contributed by atoms with Gasteiger partial charge in [0.15, 0.2) is 0 Å². The van der Waals surface area contributed by atoms with E-state index in [2.05, 4.69) is 140 Å². The predicted molar refractivity (Wildman–Crippen MR) is 326 cm³/mol. The van der Waals surface area contributed by atoms with Crippen LogP contribution < -0.4 is 14.2 Å². The van der Waals surface area contributed by atoms with Crippen LogP contribution in [0, 0.1) is 0 Å². The molecule has 0 bridgehead atoms. The molecule has 1 aromatic carbocycles. The van der Waals surface area contributed by atoms with Gasteiger partial charge in [0, 0.05) is 45.1 Å². The number of unbranched alkanes of at least 4 members (excludes halogenated alkanes) is 16. The molecule has 11 heteroatoms. The highest BCUT2D eigenvalue weighted by molar-refractivity contribution is 6.75. The lowest BCUT2D eigenvalue weighted by molar-refractivity contribution is -0.144. The predicted octanol–water partition coefficient (Wildman–Crippen LogP) is 18.0. The first kappa shape index (κ1) is 69.3. The molecule has 0 radical (unpaired) electrons. The third-order valence-corrected chi connectivity index (χ3v) is 23.4. The van der Waals surface area contributed by atoms with Gasteiger partial charge < -0.3 is 23.6 Å². The number of benzene rings is 1. The van der Waals surface area contributed by atoms with Crippen LogP contribution in [0.2, 0.25) is 36.3 Å². The maximum absolute atomic E-state index is 13.1. The second-order valence-electron chi connectivity index (χ2n) is 23.7. The molecule has 9 nitrogen and oxygen atoms in total. The van der Waals surface area contributed by atoms with Gasteiger partial charge in [-0.3, -0.25) is 19.3 Å². The van der Waals surface area contributed by atoms with Crippen molar-refractivity contribution >= 4 is 40.6 Å². The smallest absolute Gasteiger partial charge is 0.305 e. The first-order chi connectivity index (χ1) is 35.7. The fourth-order valence-corrected chi connectivity index (χ4v) is 9.65. The molecule has 1 amide bonds. The van der Waals surface area contributed by atoms with Gasteiger partial charge in [0.25, 0.3) is 16.6 Å². The van der Waals surface area contributed by atoms with Crippen LogP contribution >= 0.6 is 0 Å². The average Bonchev–Trinajstić information content (AvgIpc) is 3.34. The van der Waals surface area contributed by atoms with Crippen LogP contribution in [0.5, 0.6) is 11.5 Å². The summed E-state index contributed by atoms with van der Waals surface area (Å²) in [6.07, 6.45) is 48.3. The summed E-state index contributed by atoms with van der Waals surface area (Å²) >= 11 is 0. The SMILES string of the molecule is CCCCCC=CCC=CCCCCCCCC(=O)OCCN(CCCNC(=O)/C=C/c1ccc(O[Si](C)(C)C(C)(C)C)c(O[Si](C)(C)C(C)(C)C)c1)CCOC(=O)CCCCCCCC=CCC=CCCCCC. The van der Waals surface area contributed by atoms with Gasteiger partial charge in [0.2, 0.25) is 5.91 Å². The molecule has 0 unspecified atom stereocenters. The molecule has 0 saturated carbocycles. The second kappa shape index (κ2) is 41.4. The summed E-state index contributed by atoms with van der Waals surface area (Å²) in [6, 6.07) is 5.97. The van der Waals surface area contributed by atoms with E-state index in [1.807, 2.05) is 24.3 Å². The largest absolute Gasteiger partial charge is 0.541 e. The van der Waals surface area contributed by atoms with E-state index in [4.69, 9.17) is 18.3 Å². The molecule has 0 heterocycles. The van der Waals surface area contributed by atoms with Crippen LogP contribution in [0.25, 0.3) is 6.08 Å². The molecular formula is C64H112N2O7Si2. The molecule has 0 aromatic heterocycles. The Bertz CT molecular complexity index is 1760. The van der Waals surface area contributed by atoms with Crippen molar-refractivity contribution in [3.63, 3.8) is 0 Å². The van der Waals surface area contributed by atoms with E-state index in [9.17, 15) is 14.4 Å². The number of ether oxygens (including phenoxy) is 2. The van der Waals surface area contributed by atoms with Crippen molar-refractivity contribution in [1.29, 1.82) is 0 Å². The molecule has 0 aliphatic rings. The van der Waals surface area contributed by atoms with Gasteiger partial charge in [0.1, 0.15) is 24.7 Å². The molecule has 428 valence electrons. The highest BCUT2D eigenvalue weighted by atomic mass is 28.4. The lowest BCUT2D eigenvalue weighted by Gasteiger charge is -2.39. The number of allylic oxidation sites excluding steroid dienone is 8. The van der Waals surface area contributed by atoms with Crippen molar-refractivity contribution < 1.29 is 32.7 Å². The maximum atomic E-state index is 13.1. The minimum Gasteiger partial charge on any atom is -0.541 e. The molecule has 0 atom stereocenters. The van der Waals surface area contributed by atoms with Gasteiger partial charge in [0.05, 0.1) is 0 Å². The van der Waals surface area contributed by atoms with Gasteiger partial charge in [-0.2, -0.15) is 0 Å². The van der Waals surface area contributed by atoms with Crippen molar-refractivity contribution in [1.82, 2.24) is 10.2 Å². The summed E-state index contributed by atoms with van der Waals surface area (Å²) in [6.45, 7) is 29.5. The van der Waals surface area contributed by atoms with Crippen molar-refractivity contribution in [2.75, 3.05) is 39.4 Å². The van der Waals surface area contributed by atoms with E-state index < -0.39 is 16.6 Å². The zero-order valence-corrected chi connectivity index (χ0v) is 52.2. The van der Waals surface area contributed by atoms with E-state index in [0.29, 0.717) is 45.4 Å². The Morgan fingerprint density at radius 1 is 0.520 bits per heavy atom. The highest BCUT2D eigenvalue weighted by Gasteiger charge is 2.42. The Morgan fingerprint density at radius 2 is 0.933 bits per heavy atom. The summed E-state index contributed by atoms with van der Waals surface area (Å²) in [5.41, 5.74) is 0.864. The minimum absolute atomic E-state index is 0.00257. The lowest BCUT2D eigenvalue weighted by atomic mass is 10.1. The Hall–Kier alpha value is -3.68. The fraction of sp³-hybridized carbons (Fsp3) is 0.703. The Balaban J connectivity index is 2.68. The monoisotopic (exact) mass is 1080 g/mol. The zero-order valence-electron chi connectivity index (χ0n) is 50.2.